The quantitative estimate of drug-likeness (QED) is 0.765. The van der Waals surface area contributed by atoms with Gasteiger partial charge in [-0.1, -0.05) is 6.92 Å². The molecule has 1 aliphatic carbocycles. The van der Waals surface area contributed by atoms with Crippen molar-refractivity contribution >= 4 is 11.3 Å². The highest BCUT2D eigenvalue weighted by Crippen LogP contribution is 2.36. The Labute approximate surface area is 84.2 Å². The fourth-order valence-electron chi connectivity index (χ4n) is 2.07. The largest absolute Gasteiger partial charge is 0.312 e. The second-order valence-corrected chi connectivity index (χ2v) is 4.86. The van der Waals surface area contributed by atoms with Crippen molar-refractivity contribution in [2.24, 2.45) is 0 Å². The van der Waals surface area contributed by atoms with Crippen LogP contribution in [-0.2, 0) is 12.8 Å². The Balaban J connectivity index is 2.32. The van der Waals surface area contributed by atoms with E-state index in [4.69, 9.17) is 0 Å². The molecule has 1 aliphatic rings. The van der Waals surface area contributed by atoms with Gasteiger partial charge in [0.2, 0.25) is 0 Å². The summed E-state index contributed by atoms with van der Waals surface area (Å²) in [5, 5.41) is 3.41. The zero-order valence-electron chi connectivity index (χ0n) is 8.39. The van der Waals surface area contributed by atoms with Gasteiger partial charge in [0.25, 0.3) is 0 Å². The van der Waals surface area contributed by atoms with Crippen molar-refractivity contribution < 1.29 is 0 Å². The third-order valence-electron chi connectivity index (χ3n) is 2.85. The van der Waals surface area contributed by atoms with Crippen LogP contribution in [0.5, 0.6) is 0 Å². The van der Waals surface area contributed by atoms with Crippen LogP contribution in [0.3, 0.4) is 0 Å². The molecule has 0 saturated heterocycles. The molecule has 0 bridgehead atoms. The van der Waals surface area contributed by atoms with Gasteiger partial charge in [-0.25, -0.2) is 0 Å². The van der Waals surface area contributed by atoms with Gasteiger partial charge < -0.3 is 5.32 Å². The van der Waals surface area contributed by atoms with Crippen LogP contribution in [-0.4, -0.2) is 7.05 Å². The van der Waals surface area contributed by atoms with E-state index in [-0.39, 0.29) is 0 Å². The van der Waals surface area contributed by atoms with Crippen LogP contribution in [0.25, 0.3) is 0 Å². The molecular formula is C11H17NS. The van der Waals surface area contributed by atoms with E-state index in [1.54, 1.807) is 15.3 Å². The standard InChI is InChI=1S/C11H17NS/c1-3-9-7-8-5-4-6-10(12-2)11(8)13-9/h7,10,12H,3-6H2,1-2H3. The first-order chi connectivity index (χ1) is 6.35. The Morgan fingerprint density at radius 1 is 1.62 bits per heavy atom. The molecule has 1 aromatic heterocycles. The van der Waals surface area contributed by atoms with Crippen LogP contribution in [0.15, 0.2) is 6.07 Å². The molecule has 0 aromatic carbocycles. The Morgan fingerprint density at radius 2 is 2.46 bits per heavy atom. The van der Waals surface area contributed by atoms with E-state index < -0.39 is 0 Å². The van der Waals surface area contributed by atoms with Crippen LogP contribution in [0, 0.1) is 0 Å². The first-order valence-electron chi connectivity index (χ1n) is 5.14. The lowest BCUT2D eigenvalue weighted by Gasteiger charge is -2.21. The third-order valence-corrected chi connectivity index (χ3v) is 4.28. The zero-order valence-corrected chi connectivity index (χ0v) is 9.21. The maximum atomic E-state index is 3.41. The van der Waals surface area contributed by atoms with Crippen LogP contribution < -0.4 is 5.32 Å². The van der Waals surface area contributed by atoms with Gasteiger partial charge >= 0.3 is 0 Å². The van der Waals surface area contributed by atoms with Crippen molar-refractivity contribution in [1.29, 1.82) is 0 Å². The molecule has 1 atom stereocenters. The molecule has 1 heterocycles. The summed E-state index contributed by atoms with van der Waals surface area (Å²) in [5.41, 5.74) is 1.60. The third kappa shape index (κ3) is 1.65. The van der Waals surface area contributed by atoms with Gasteiger partial charge in [0.15, 0.2) is 0 Å². The van der Waals surface area contributed by atoms with Crippen LogP contribution in [0.1, 0.15) is 41.1 Å². The van der Waals surface area contributed by atoms with Crippen molar-refractivity contribution in [1.82, 2.24) is 5.32 Å². The van der Waals surface area contributed by atoms with Gasteiger partial charge in [-0.3, -0.25) is 0 Å². The van der Waals surface area contributed by atoms with Crippen molar-refractivity contribution in [2.45, 2.75) is 38.6 Å². The summed E-state index contributed by atoms with van der Waals surface area (Å²) in [6.45, 7) is 2.24. The minimum atomic E-state index is 0.633. The van der Waals surface area contributed by atoms with Crippen LogP contribution in [0.4, 0.5) is 0 Å². The summed E-state index contributed by atoms with van der Waals surface area (Å²) in [7, 11) is 2.07. The molecule has 0 aliphatic heterocycles. The van der Waals surface area contributed by atoms with E-state index in [0.717, 1.165) is 0 Å². The van der Waals surface area contributed by atoms with Gasteiger partial charge in [-0.15, -0.1) is 11.3 Å². The van der Waals surface area contributed by atoms with Gasteiger partial charge in [0.1, 0.15) is 0 Å². The van der Waals surface area contributed by atoms with E-state index in [1.807, 2.05) is 11.3 Å². The predicted octanol–water partition coefficient (Wildman–Crippen LogP) is 2.91. The van der Waals surface area contributed by atoms with Crippen LogP contribution >= 0.6 is 11.3 Å². The molecule has 1 N–H and O–H groups in total. The fourth-order valence-corrected chi connectivity index (χ4v) is 3.37. The number of nitrogens with one attached hydrogen (secondary N) is 1. The molecule has 72 valence electrons. The average molecular weight is 195 g/mol. The van der Waals surface area contributed by atoms with Gasteiger partial charge in [-0.05, 0) is 44.4 Å². The Morgan fingerprint density at radius 3 is 3.15 bits per heavy atom. The summed E-state index contributed by atoms with van der Waals surface area (Å²) < 4.78 is 0. The van der Waals surface area contributed by atoms with E-state index in [2.05, 4.69) is 25.4 Å². The molecule has 0 amide bonds. The van der Waals surface area contributed by atoms with E-state index in [1.165, 1.54) is 25.7 Å². The highest BCUT2D eigenvalue weighted by atomic mass is 32.1. The smallest absolute Gasteiger partial charge is 0.0415 e. The van der Waals surface area contributed by atoms with Crippen molar-refractivity contribution in [3.05, 3.63) is 21.4 Å². The lowest BCUT2D eigenvalue weighted by Crippen LogP contribution is -2.19. The number of thiophene rings is 1. The molecule has 2 rings (SSSR count). The number of rotatable bonds is 2. The molecule has 1 nitrogen and oxygen atoms in total. The molecule has 0 saturated carbocycles. The Bertz CT molecular complexity index is 290. The highest BCUT2D eigenvalue weighted by Gasteiger charge is 2.20. The second kappa shape index (κ2) is 3.81. The maximum absolute atomic E-state index is 3.41. The molecule has 13 heavy (non-hydrogen) atoms. The summed E-state index contributed by atoms with van der Waals surface area (Å²) in [5.74, 6) is 0. The summed E-state index contributed by atoms with van der Waals surface area (Å²) in [6.07, 6.45) is 5.14. The SMILES string of the molecule is CCc1cc2c(s1)C(NC)CCC2. The summed E-state index contributed by atoms with van der Waals surface area (Å²) in [4.78, 5) is 3.15. The van der Waals surface area contributed by atoms with Gasteiger partial charge in [0, 0.05) is 15.8 Å². The lowest BCUT2D eigenvalue weighted by atomic mass is 9.95. The topological polar surface area (TPSA) is 12.0 Å². The molecule has 1 aromatic rings. The highest BCUT2D eigenvalue weighted by molar-refractivity contribution is 7.12. The summed E-state index contributed by atoms with van der Waals surface area (Å²) >= 11 is 2.01. The Kier molecular flexibility index (Phi) is 2.70. The minimum Gasteiger partial charge on any atom is -0.312 e. The predicted molar refractivity (Wildman–Crippen MR) is 58.4 cm³/mol. The average Bonchev–Trinajstić information content (AvgIpc) is 2.59. The molecule has 0 fully saturated rings. The zero-order chi connectivity index (χ0) is 9.26. The van der Waals surface area contributed by atoms with Crippen LogP contribution in [0.2, 0.25) is 0 Å². The normalized spacial score (nSPS) is 21.5. The molecular weight excluding hydrogens is 178 g/mol. The summed E-state index contributed by atoms with van der Waals surface area (Å²) in [6, 6.07) is 3.04. The molecule has 0 radical (unpaired) electrons. The minimum absolute atomic E-state index is 0.633. The Hall–Kier alpha value is -0.340. The lowest BCUT2D eigenvalue weighted by molar-refractivity contribution is 0.506. The van der Waals surface area contributed by atoms with Crippen molar-refractivity contribution in [3.63, 3.8) is 0 Å². The molecule has 2 heteroatoms. The monoisotopic (exact) mass is 195 g/mol. The maximum Gasteiger partial charge on any atom is 0.0415 e. The second-order valence-electron chi connectivity index (χ2n) is 3.69. The first-order valence-corrected chi connectivity index (χ1v) is 5.95. The van der Waals surface area contributed by atoms with Gasteiger partial charge in [0.05, 0.1) is 0 Å². The van der Waals surface area contributed by atoms with E-state index in [0.29, 0.717) is 6.04 Å². The van der Waals surface area contributed by atoms with Crippen molar-refractivity contribution in [2.75, 3.05) is 7.05 Å². The number of hydrogen-bond acceptors (Lipinski definition) is 2. The molecule has 0 spiro atoms. The van der Waals surface area contributed by atoms with Crippen molar-refractivity contribution in [3.8, 4) is 0 Å². The molecule has 1 unspecified atom stereocenters. The number of hydrogen-bond donors (Lipinski definition) is 1. The number of aryl methyl sites for hydroxylation is 2. The first kappa shape index (κ1) is 9.22. The fraction of sp³-hybridized carbons (Fsp3) is 0.636. The van der Waals surface area contributed by atoms with E-state index >= 15 is 0 Å². The number of fused-ring (bicyclic) bond motifs is 1. The van der Waals surface area contributed by atoms with E-state index in [9.17, 15) is 0 Å². The van der Waals surface area contributed by atoms with Gasteiger partial charge in [-0.2, -0.15) is 0 Å².